The van der Waals surface area contributed by atoms with E-state index in [-0.39, 0.29) is 6.04 Å². The first-order valence-electron chi connectivity index (χ1n) is 5.97. The maximum absolute atomic E-state index is 13.2. The normalized spacial score (nSPS) is 12.4. The molecule has 100 valence electrons. The number of halogens is 3. The Labute approximate surface area is 125 Å². The SMILES string of the molecule is CNC(Cc1cc(F)cc(F)c1)c1ccccc1I. The second-order valence-electron chi connectivity index (χ2n) is 4.34. The molecule has 0 aliphatic rings. The van der Waals surface area contributed by atoms with Gasteiger partial charge in [-0.25, -0.2) is 8.78 Å². The molecule has 0 radical (unpaired) electrons. The number of hydrogen-bond donors (Lipinski definition) is 1. The van der Waals surface area contributed by atoms with Crippen LogP contribution in [-0.4, -0.2) is 7.05 Å². The molecule has 2 aromatic carbocycles. The highest BCUT2D eigenvalue weighted by Crippen LogP contribution is 2.23. The van der Waals surface area contributed by atoms with Gasteiger partial charge in [0.05, 0.1) is 0 Å². The molecule has 1 unspecified atom stereocenters. The highest BCUT2D eigenvalue weighted by atomic mass is 127. The standard InChI is InChI=1S/C15H14F2IN/c1-19-15(13-4-2-3-5-14(13)18)8-10-6-11(16)9-12(17)7-10/h2-7,9,15,19H,8H2,1H3. The van der Waals surface area contributed by atoms with Crippen molar-refractivity contribution < 1.29 is 8.78 Å². The molecule has 0 heterocycles. The van der Waals surface area contributed by atoms with Gasteiger partial charge < -0.3 is 5.32 Å². The molecule has 2 rings (SSSR count). The highest BCUT2D eigenvalue weighted by molar-refractivity contribution is 14.1. The van der Waals surface area contributed by atoms with Crippen molar-refractivity contribution >= 4 is 22.6 Å². The molecule has 1 nitrogen and oxygen atoms in total. The van der Waals surface area contributed by atoms with E-state index in [0.717, 1.165) is 15.2 Å². The van der Waals surface area contributed by atoms with Gasteiger partial charge in [-0.2, -0.15) is 0 Å². The molecule has 0 spiro atoms. The van der Waals surface area contributed by atoms with Gasteiger partial charge in [0.1, 0.15) is 11.6 Å². The van der Waals surface area contributed by atoms with Gasteiger partial charge in [0.15, 0.2) is 0 Å². The van der Waals surface area contributed by atoms with E-state index in [1.54, 1.807) is 0 Å². The molecule has 19 heavy (non-hydrogen) atoms. The maximum atomic E-state index is 13.2. The van der Waals surface area contributed by atoms with Crippen molar-refractivity contribution in [2.45, 2.75) is 12.5 Å². The second-order valence-corrected chi connectivity index (χ2v) is 5.51. The molecule has 1 atom stereocenters. The van der Waals surface area contributed by atoms with E-state index in [1.165, 1.54) is 12.1 Å². The Morgan fingerprint density at radius 1 is 1.11 bits per heavy atom. The fourth-order valence-electron chi connectivity index (χ4n) is 2.09. The largest absolute Gasteiger partial charge is 0.313 e. The van der Waals surface area contributed by atoms with Crippen molar-refractivity contribution in [3.8, 4) is 0 Å². The lowest BCUT2D eigenvalue weighted by molar-refractivity contribution is 0.561. The van der Waals surface area contributed by atoms with Crippen LogP contribution in [0.1, 0.15) is 17.2 Å². The molecule has 0 saturated heterocycles. The van der Waals surface area contributed by atoms with Gasteiger partial charge in [-0.15, -0.1) is 0 Å². The summed E-state index contributed by atoms with van der Waals surface area (Å²) in [6.07, 6.45) is 0.547. The summed E-state index contributed by atoms with van der Waals surface area (Å²) in [4.78, 5) is 0. The summed E-state index contributed by atoms with van der Waals surface area (Å²) in [6.45, 7) is 0. The van der Waals surface area contributed by atoms with Crippen molar-refractivity contribution in [3.05, 3.63) is 68.8 Å². The van der Waals surface area contributed by atoms with Gasteiger partial charge in [-0.1, -0.05) is 18.2 Å². The fourth-order valence-corrected chi connectivity index (χ4v) is 2.85. The van der Waals surface area contributed by atoms with Crippen LogP contribution in [-0.2, 0) is 6.42 Å². The van der Waals surface area contributed by atoms with Gasteiger partial charge >= 0.3 is 0 Å². The zero-order valence-corrected chi connectivity index (χ0v) is 12.6. The molecular formula is C15H14F2IN. The number of hydrogen-bond acceptors (Lipinski definition) is 1. The van der Waals surface area contributed by atoms with E-state index in [9.17, 15) is 8.78 Å². The van der Waals surface area contributed by atoms with E-state index in [1.807, 2.05) is 31.3 Å². The van der Waals surface area contributed by atoms with Crippen molar-refractivity contribution in [3.63, 3.8) is 0 Å². The first-order chi connectivity index (χ1) is 9.10. The summed E-state index contributed by atoms with van der Waals surface area (Å²) in [6, 6.07) is 11.7. The number of rotatable bonds is 4. The van der Waals surface area contributed by atoms with Crippen LogP contribution in [0.25, 0.3) is 0 Å². The number of nitrogens with one attached hydrogen (secondary N) is 1. The Kier molecular flexibility index (Phi) is 4.87. The monoisotopic (exact) mass is 373 g/mol. The Morgan fingerprint density at radius 3 is 2.32 bits per heavy atom. The van der Waals surface area contributed by atoms with Gasteiger partial charge in [0.25, 0.3) is 0 Å². The lowest BCUT2D eigenvalue weighted by Gasteiger charge is -2.18. The quantitative estimate of drug-likeness (QED) is 0.797. The highest BCUT2D eigenvalue weighted by Gasteiger charge is 2.13. The zero-order valence-electron chi connectivity index (χ0n) is 10.5. The summed E-state index contributed by atoms with van der Waals surface area (Å²) in [5.41, 5.74) is 1.78. The van der Waals surface area contributed by atoms with Crippen molar-refractivity contribution in [1.82, 2.24) is 5.32 Å². The summed E-state index contributed by atoms with van der Waals surface area (Å²) < 4.78 is 27.5. The number of likely N-dealkylation sites (N-methyl/N-ethyl adjacent to an activating group) is 1. The average Bonchev–Trinajstić information content (AvgIpc) is 2.36. The average molecular weight is 373 g/mol. The zero-order chi connectivity index (χ0) is 13.8. The maximum Gasteiger partial charge on any atom is 0.126 e. The van der Waals surface area contributed by atoms with E-state index in [4.69, 9.17) is 0 Å². The van der Waals surface area contributed by atoms with Crippen molar-refractivity contribution in [2.75, 3.05) is 7.05 Å². The number of benzene rings is 2. The minimum Gasteiger partial charge on any atom is -0.313 e. The van der Waals surface area contributed by atoms with Crippen LogP contribution < -0.4 is 5.32 Å². The second kappa shape index (κ2) is 6.43. The van der Waals surface area contributed by atoms with Crippen molar-refractivity contribution in [2.24, 2.45) is 0 Å². The van der Waals surface area contributed by atoms with Crippen LogP contribution in [0.3, 0.4) is 0 Å². The van der Waals surface area contributed by atoms with Crippen LogP contribution in [0.2, 0.25) is 0 Å². The molecule has 0 fully saturated rings. The van der Waals surface area contributed by atoms with Gasteiger partial charge in [0.2, 0.25) is 0 Å². The van der Waals surface area contributed by atoms with Gasteiger partial charge in [-0.3, -0.25) is 0 Å². The summed E-state index contributed by atoms with van der Waals surface area (Å²) in [7, 11) is 1.85. The van der Waals surface area contributed by atoms with E-state index in [2.05, 4.69) is 27.9 Å². The molecule has 0 aromatic heterocycles. The van der Waals surface area contributed by atoms with Crippen LogP contribution in [0.15, 0.2) is 42.5 Å². The topological polar surface area (TPSA) is 12.0 Å². The Bertz CT molecular complexity index is 552. The molecule has 2 aromatic rings. The Balaban J connectivity index is 2.26. The molecule has 0 bridgehead atoms. The van der Waals surface area contributed by atoms with E-state index >= 15 is 0 Å². The Hall–Kier alpha value is -1.01. The van der Waals surface area contributed by atoms with Crippen molar-refractivity contribution in [1.29, 1.82) is 0 Å². The molecule has 1 N–H and O–H groups in total. The predicted molar refractivity (Wildman–Crippen MR) is 81.0 cm³/mol. The molecule has 0 saturated carbocycles. The Morgan fingerprint density at radius 2 is 1.74 bits per heavy atom. The minimum absolute atomic E-state index is 0.0364. The van der Waals surface area contributed by atoms with Gasteiger partial charge in [0, 0.05) is 15.7 Å². The first-order valence-corrected chi connectivity index (χ1v) is 7.04. The molecule has 0 aliphatic heterocycles. The fraction of sp³-hybridized carbons (Fsp3) is 0.200. The third-order valence-electron chi connectivity index (χ3n) is 2.99. The molecular weight excluding hydrogens is 359 g/mol. The minimum atomic E-state index is -0.535. The summed E-state index contributed by atoms with van der Waals surface area (Å²) in [5.74, 6) is -1.07. The third-order valence-corrected chi connectivity index (χ3v) is 3.97. The van der Waals surface area contributed by atoms with Crippen LogP contribution in [0, 0.1) is 15.2 Å². The third kappa shape index (κ3) is 3.73. The molecule has 0 aliphatic carbocycles. The summed E-state index contributed by atoms with van der Waals surface area (Å²) in [5, 5.41) is 3.20. The predicted octanol–water partition coefficient (Wildman–Crippen LogP) is 4.07. The molecule has 0 amide bonds. The van der Waals surface area contributed by atoms with Crippen LogP contribution in [0.5, 0.6) is 0 Å². The van der Waals surface area contributed by atoms with Gasteiger partial charge in [-0.05, 0) is 65.4 Å². The molecule has 4 heteroatoms. The first kappa shape index (κ1) is 14.4. The summed E-state index contributed by atoms with van der Waals surface area (Å²) >= 11 is 2.27. The van der Waals surface area contributed by atoms with Crippen LogP contribution >= 0.6 is 22.6 Å². The lowest BCUT2D eigenvalue weighted by Crippen LogP contribution is -2.20. The van der Waals surface area contributed by atoms with Crippen LogP contribution in [0.4, 0.5) is 8.78 Å². The van der Waals surface area contributed by atoms with E-state index < -0.39 is 11.6 Å². The van der Waals surface area contributed by atoms with E-state index in [0.29, 0.717) is 12.0 Å². The lowest BCUT2D eigenvalue weighted by atomic mass is 9.99. The smallest absolute Gasteiger partial charge is 0.126 e.